The van der Waals surface area contributed by atoms with E-state index in [0.717, 1.165) is 19.0 Å². The van der Waals surface area contributed by atoms with Crippen molar-refractivity contribution >= 4 is 40.9 Å². The minimum absolute atomic E-state index is 0. The van der Waals surface area contributed by atoms with Crippen molar-refractivity contribution in [1.82, 2.24) is 10.6 Å². The number of halogens is 4. The lowest BCUT2D eigenvalue weighted by Crippen LogP contribution is -2.36. The minimum Gasteiger partial charge on any atom is -0.348 e. The summed E-state index contributed by atoms with van der Waals surface area (Å²) in [6.07, 6.45) is 0.825. The zero-order valence-electron chi connectivity index (χ0n) is 9.30. The summed E-state index contributed by atoms with van der Waals surface area (Å²) in [6, 6.07) is 1.98. The maximum atomic E-state index is 13.4. The van der Waals surface area contributed by atoms with Gasteiger partial charge in [-0.15, -0.1) is 12.4 Å². The van der Waals surface area contributed by atoms with E-state index in [1.165, 1.54) is 6.07 Å². The number of hydrogen-bond acceptors (Lipinski definition) is 2. The van der Waals surface area contributed by atoms with Crippen LogP contribution in [0.2, 0.25) is 0 Å². The zero-order valence-corrected chi connectivity index (χ0v) is 12.3. The highest BCUT2D eigenvalue weighted by molar-refractivity contribution is 14.1. The Morgan fingerprint density at radius 1 is 1.39 bits per heavy atom. The number of nitrogens with one attached hydrogen (secondary N) is 2. The Morgan fingerprint density at radius 2 is 2.11 bits per heavy atom. The van der Waals surface area contributed by atoms with Crippen LogP contribution in [0.4, 0.5) is 8.78 Å². The van der Waals surface area contributed by atoms with Crippen LogP contribution in [0.3, 0.4) is 0 Å². The molecule has 100 valence electrons. The summed E-state index contributed by atoms with van der Waals surface area (Å²) in [5, 5.41) is 5.81. The molecule has 1 aliphatic heterocycles. The number of rotatable bonds is 2. The van der Waals surface area contributed by atoms with Crippen molar-refractivity contribution < 1.29 is 13.6 Å². The fourth-order valence-corrected chi connectivity index (χ4v) is 2.20. The Bertz CT molecular complexity index is 453. The van der Waals surface area contributed by atoms with E-state index < -0.39 is 17.5 Å². The van der Waals surface area contributed by atoms with Gasteiger partial charge in [-0.25, -0.2) is 8.78 Å². The van der Waals surface area contributed by atoms with E-state index in [4.69, 9.17) is 0 Å². The van der Waals surface area contributed by atoms with Gasteiger partial charge in [0, 0.05) is 22.2 Å². The van der Waals surface area contributed by atoms with Crippen LogP contribution in [0, 0.1) is 15.2 Å². The van der Waals surface area contributed by atoms with E-state index in [-0.39, 0.29) is 27.6 Å². The first-order chi connectivity index (χ1) is 8.08. The van der Waals surface area contributed by atoms with Gasteiger partial charge in [0.15, 0.2) is 0 Å². The van der Waals surface area contributed by atoms with Crippen LogP contribution < -0.4 is 10.6 Å². The molecule has 0 saturated carbocycles. The third-order valence-electron chi connectivity index (χ3n) is 2.65. The maximum absolute atomic E-state index is 13.4. The van der Waals surface area contributed by atoms with Crippen LogP contribution in [-0.4, -0.2) is 25.0 Å². The predicted octanol–water partition coefficient (Wildman–Crippen LogP) is 2.08. The Kier molecular flexibility index (Phi) is 5.74. The lowest BCUT2D eigenvalue weighted by Gasteiger charge is -2.12. The summed E-state index contributed by atoms with van der Waals surface area (Å²) in [4.78, 5) is 11.8. The quantitative estimate of drug-likeness (QED) is 0.602. The lowest BCUT2D eigenvalue weighted by atomic mass is 10.1. The smallest absolute Gasteiger partial charge is 0.254 e. The molecule has 0 spiro atoms. The van der Waals surface area contributed by atoms with Crippen LogP contribution in [0.15, 0.2) is 12.1 Å². The van der Waals surface area contributed by atoms with Crippen molar-refractivity contribution in [3.8, 4) is 0 Å². The van der Waals surface area contributed by atoms with Gasteiger partial charge in [-0.05, 0) is 41.6 Å². The van der Waals surface area contributed by atoms with Gasteiger partial charge < -0.3 is 10.6 Å². The highest BCUT2D eigenvalue weighted by Crippen LogP contribution is 2.17. The number of carbonyl (C=O) groups is 1. The summed E-state index contributed by atoms with van der Waals surface area (Å²) in [6.45, 7) is 1.53. The largest absolute Gasteiger partial charge is 0.348 e. The standard InChI is InChI=1S/C11H11F2IN2O.ClH/c12-8-4-9(13)10(14)3-7(8)11(17)16-6-1-2-15-5-6;/h3-4,6,15H,1-2,5H2,(H,16,17);1H/t6-;/m0./s1. The number of carbonyl (C=O) groups excluding carboxylic acids is 1. The number of amides is 1. The SMILES string of the molecule is Cl.O=C(N[C@H]1CCNC1)c1cc(I)c(F)cc1F. The van der Waals surface area contributed by atoms with Crippen molar-refractivity contribution in [3.05, 3.63) is 32.9 Å². The van der Waals surface area contributed by atoms with E-state index in [1.54, 1.807) is 22.6 Å². The molecule has 0 radical (unpaired) electrons. The van der Waals surface area contributed by atoms with E-state index in [9.17, 15) is 13.6 Å². The monoisotopic (exact) mass is 388 g/mol. The molecular formula is C11H12ClF2IN2O. The van der Waals surface area contributed by atoms with E-state index >= 15 is 0 Å². The van der Waals surface area contributed by atoms with Crippen molar-refractivity contribution in [2.45, 2.75) is 12.5 Å². The first kappa shape index (κ1) is 15.6. The van der Waals surface area contributed by atoms with Gasteiger partial charge in [0.25, 0.3) is 5.91 Å². The normalized spacial score (nSPS) is 18.3. The molecular weight excluding hydrogens is 376 g/mol. The van der Waals surface area contributed by atoms with Gasteiger partial charge in [-0.2, -0.15) is 0 Å². The summed E-state index contributed by atoms with van der Waals surface area (Å²) < 4.78 is 26.7. The van der Waals surface area contributed by atoms with Crippen molar-refractivity contribution in [2.75, 3.05) is 13.1 Å². The molecule has 0 aromatic heterocycles. The van der Waals surface area contributed by atoms with Gasteiger partial charge in [0.05, 0.1) is 5.56 Å². The highest BCUT2D eigenvalue weighted by atomic mass is 127. The molecule has 0 aliphatic carbocycles. The molecule has 2 N–H and O–H groups in total. The summed E-state index contributed by atoms with van der Waals surface area (Å²) in [5.41, 5.74) is -0.109. The van der Waals surface area contributed by atoms with Crippen molar-refractivity contribution in [1.29, 1.82) is 0 Å². The van der Waals surface area contributed by atoms with E-state index in [0.29, 0.717) is 6.54 Å². The summed E-state index contributed by atoms with van der Waals surface area (Å²) in [5.74, 6) is -1.97. The molecule has 1 atom stereocenters. The Balaban J connectivity index is 0.00000162. The second-order valence-corrected chi connectivity index (χ2v) is 5.07. The third-order valence-corrected chi connectivity index (χ3v) is 3.48. The fourth-order valence-electron chi connectivity index (χ4n) is 1.74. The van der Waals surface area contributed by atoms with Gasteiger partial charge in [0.2, 0.25) is 0 Å². The van der Waals surface area contributed by atoms with Gasteiger partial charge >= 0.3 is 0 Å². The second-order valence-electron chi connectivity index (χ2n) is 3.91. The molecule has 0 bridgehead atoms. The molecule has 7 heteroatoms. The molecule has 1 aromatic carbocycles. The van der Waals surface area contributed by atoms with Crippen LogP contribution >= 0.6 is 35.0 Å². The van der Waals surface area contributed by atoms with Crippen LogP contribution in [-0.2, 0) is 0 Å². The Morgan fingerprint density at radius 3 is 2.72 bits per heavy atom. The van der Waals surface area contributed by atoms with Gasteiger partial charge in [-0.1, -0.05) is 0 Å². The third kappa shape index (κ3) is 3.52. The fraction of sp³-hybridized carbons (Fsp3) is 0.364. The highest BCUT2D eigenvalue weighted by Gasteiger charge is 2.20. The first-order valence-electron chi connectivity index (χ1n) is 5.24. The Hall–Kier alpha value is -0.470. The lowest BCUT2D eigenvalue weighted by molar-refractivity contribution is 0.0936. The number of hydrogen-bond donors (Lipinski definition) is 2. The topological polar surface area (TPSA) is 41.1 Å². The van der Waals surface area contributed by atoms with Crippen LogP contribution in [0.25, 0.3) is 0 Å². The molecule has 1 aromatic rings. The maximum Gasteiger partial charge on any atom is 0.254 e. The molecule has 2 rings (SSSR count). The molecule has 0 unspecified atom stereocenters. The molecule has 1 aliphatic rings. The van der Waals surface area contributed by atoms with E-state index in [2.05, 4.69) is 10.6 Å². The predicted molar refractivity (Wildman–Crippen MR) is 75.1 cm³/mol. The average Bonchev–Trinajstić information content (AvgIpc) is 2.76. The first-order valence-corrected chi connectivity index (χ1v) is 6.32. The number of benzene rings is 1. The molecule has 1 fully saturated rings. The van der Waals surface area contributed by atoms with Crippen LogP contribution in [0.5, 0.6) is 0 Å². The average molecular weight is 389 g/mol. The van der Waals surface area contributed by atoms with Crippen LogP contribution in [0.1, 0.15) is 16.8 Å². The molecule has 1 amide bonds. The molecule has 1 saturated heterocycles. The summed E-state index contributed by atoms with van der Waals surface area (Å²) >= 11 is 1.73. The van der Waals surface area contributed by atoms with E-state index in [1.807, 2.05) is 0 Å². The van der Waals surface area contributed by atoms with Gasteiger partial charge in [0.1, 0.15) is 11.6 Å². The van der Waals surface area contributed by atoms with Gasteiger partial charge in [-0.3, -0.25) is 4.79 Å². The zero-order chi connectivity index (χ0) is 12.4. The molecule has 3 nitrogen and oxygen atoms in total. The van der Waals surface area contributed by atoms with Crippen molar-refractivity contribution in [2.24, 2.45) is 0 Å². The van der Waals surface area contributed by atoms with Crippen molar-refractivity contribution in [3.63, 3.8) is 0 Å². The molecule has 1 heterocycles. The second kappa shape index (κ2) is 6.63. The minimum atomic E-state index is -0.827. The molecule has 18 heavy (non-hydrogen) atoms. The Labute approximate surface area is 123 Å². The summed E-state index contributed by atoms with van der Waals surface area (Å²) in [7, 11) is 0.